The first-order valence-electron chi connectivity index (χ1n) is 5.70. The molecule has 4 nitrogen and oxygen atoms in total. The summed E-state index contributed by atoms with van der Waals surface area (Å²) in [4.78, 5) is 0. The minimum Gasteiger partial charge on any atom is -0.431 e. The molecule has 0 spiro atoms. The third-order valence-electron chi connectivity index (χ3n) is 2.33. The standard InChI is InChI=1S/C9H20O3Si.CH6OSi/c1-10-13(2,3)6-4-5-11-7-9-8-12-9;1-2-3/h9H,4-8H2,1-3H3;1,3H3. The minimum atomic E-state index is -1.35. The van der Waals surface area contributed by atoms with Crippen molar-refractivity contribution in [3.05, 3.63) is 0 Å². The molecule has 0 N–H and O–H groups in total. The normalized spacial score (nSPS) is 19.1. The van der Waals surface area contributed by atoms with Crippen LogP contribution >= 0.6 is 0 Å². The number of hydrogen-bond donors (Lipinski definition) is 0. The van der Waals surface area contributed by atoms with E-state index in [4.69, 9.17) is 13.9 Å². The van der Waals surface area contributed by atoms with Crippen LogP contribution in [-0.2, 0) is 18.3 Å². The van der Waals surface area contributed by atoms with Gasteiger partial charge in [0.25, 0.3) is 0 Å². The van der Waals surface area contributed by atoms with Crippen LogP contribution in [0, 0.1) is 0 Å². The molecule has 1 unspecified atom stereocenters. The van der Waals surface area contributed by atoms with Crippen molar-refractivity contribution in [3.63, 3.8) is 0 Å². The van der Waals surface area contributed by atoms with E-state index in [0.717, 1.165) is 36.7 Å². The first-order chi connectivity index (χ1) is 7.55. The molecule has 6 heteroatoms. The van der Waals surface area contributed by atoms with E-state index in [1.54, 1.807) is 7.11 Å². The van der Waals surface area contributed by atoms with Gasteiger partial charge in [0.15, 0.2) is 8.32 Å². The van der Waals surface area contributed by atoms with Crippen LogP contribution in [-0.4, -0.2) is 58.9 Å². The molecule has 0 aromatic heterocycles. The zero-order valence-corrected chi connectivity index (χ0v) is 14.2. The summed E-state index contributed by atoms with van der Waals surface area (Å²) in [5.74, 6) is 0. The van der Waals surface area contributed by atoms with Gasteiger partial charge in [0.05, 0.1) is 13.2 Å². The fourth-order valence-corrected chi connectivity index (χ4v) is 2.28. The van der Waals surface area contributed by atoms with Crippen molar-refractivity contribution in [2.45, 2.75) is 31.7 Å². The van der Waals surface area contributed by atoms with Gasteiger partial charge in [-0.3, -0.25) is 0 Å². The highest BCUT2D eigenvalue weighted by molar-refractivity contribution is 6.71. The van der Waals surface area contributed by atoms with E-state index in [1.807, 2.05) is 7.11 Å². The molecule has 1 fully saturated rings. The second-order valence-corrected chi connectivity index (χ2v) is 9.75. The smallest absolute Gasteiger partial charge is 0.186 e. The molecule has 0 bridgehead atoms. The van der Waals surface area contributed by atoms with Gasteiger partial charge in [-0.05, 0) is 25.6 Å². The maximum Gasteiger partial charge on any atom is 0.186 e. The van der Waals surface area contributed by atoms with Crippen molar-refractivity contribution >= 4 is 18.8 Å². The Bertz CT molecular complexity index is 163. The lowest BCUT2D eigenvalue weighted by molar-refractivity contribution is 0.116. The molecule has 0 radical (unpaired) electrons. The molecule has 16 heavy (non-hydrogen) atoms. The van der Waals surface area contributed by atoms with E-state index in [-0.39, 0.29) is 0 Å². The van der Waals surface area contributed by atoms with Crippen molar-refractivity contribution in [1.29, 1.82) is 0 Å². The van der Waals surface area contributed by atoms with Crippen LogP contribution in [0.2, 0.25) is 19.1 Å². The molecule has 1 heterocycles. The van der Waals surface area contributed by atoms with Gasteiger partial charge < -0.3 is 18.3 Å². The van der Waals surface area contributed by atoms with E-state index >= 15 is 0 Å². The zero-order valence-electron chi connectivity index (χ0n) is 11.2. The SMILES string of the molecule is CO[SiH3].CO[Si](C)(C)CCCOCC1CO1. The van der Waals surface area contributed by atoms with Crippen molar-refractivity contribution in [3.8, 4) is 0 Å². The minimum absolute atomic E-state index is 0.396. The monoisotopic (exact) mass is 266 g/mol. The number of ether oxygens (including phenoxy) is 2. The van der Waals surface area contributed by atoms with Gasteiger partial charge in [0.2, 0.25) is 0 Å². The fourth-order valence-electron chi connectivity index (χ4n) is 1.08. The number of hydrogen-bond acceptors (Lipinski definition) is 4. The van der Waals surface area contributed by atoms with Gasteiger partial charge in [-0.25, -0.2) is 0 Å². The van der Waals surface area contributed by atoms with E-state index in [1.165, 1.54) is 6.04 Å². The fraction of sp³-hybridized carbons (Fsp3) is 1.00. The lowest BCUT2D eigenvalue weighted by atomic mass is 10.5. The lowest BCUT2D eigenvalue weighted by Crippen LogP contribution is -2.28. The van der Waals surface area contributed by atoms with Crippen molar-refractivity contribution < 1.29 is 18.3 Å². The first-order valence-corrected chi connectivity index (χ1v) is 9.63. The van der Waals surface area contributed by atoms with Crippen LogP contribution in [0.4, 0.5) is 0 Å². The Labute approximate surface area is 103 Å². The molecule has 1 saturated heterocycles. The summed E-state index contributed by atoms with van der Waals surface area (Å²) >= 11 is 0. The number of rotatable bonds is 7. The Morgan fingerprint density at radius 1 is 1.38 bits per heavy atom. The van der Waals surface area contributed by atoms with Crippen molar-refractivity contribution in [1.82, 2.24) is 0 Å². The highest BCUT2D eigenvalue weighted by Crippen LogP contribution is 2.13. The van der Waals surface area contributed by atoms with E-state index in [0.29, 0.717) is 6.10 Å². The summed E-state index contributed by atoms with van der Waals surface area (Å²) in [5.41, 5.74) is 0. The van der Waals surface area contributed by atoms with E-state index in [2.05, 4.69) is 17.5 Å². The highest BCUT2D eigenvalue weighted by Gasteiger charge is 2.23. The second kappa shape index (κ2) is 9.32. The Balaban J connectivity index is 0.000000673. The second-order valence-electron chi connectivity index (χ2n) is 4.51. The first kappa shape index (κ1) is 16.3. The molecular weight excluding hydrogens is 240 g/mol. The summed E-state index contributed by atoms with van der Waals surface area (Å²) < 4.78 is 20.3. The zero-order chi connectivity index (χ0) is 12.4. The summed E-state index contributed by atoms with van der Waals surface area (Å²) in [6.07, 6.45) is 1.51. The maximum atomic E-state index is 5.44. The summed E-state index contributed by atoms with van der Waals surface area (Å²) in [6.45, 7) is 6.97. The lowest BCUT2D eigenvalue weighted by Gasteiger charge is -2.19. The van der Waals surface area contributed by atoms with Gasteiger partial charge in [-0.2, -0.15) is 0 Å². The van der Waals surface area contributed by atoms with Crippen LogP contribution < -0.4 is 0 Å². The summed E-state index contributed by atoms with van der Waals surface area (Å²) in [6, 6.07) is 1.18. The third-order valence-corrected chi connectivity index (χ3v) is 4.99. The average Bonchev–Trinajstić information content (AvgIpc) is 3.02. The van der Waals surface area contributed by atoms with Gasteiger partial charge in [0.1, 0.15) is 16.6 Å². The predicted molar refractivity (Wildman–Crippen MR) is 71.4 cm³/mol. The van der Waals surface area contributed by atoms with Crippen LogP contribution in [0.25, 0.3) is 0 Å². The van der Waals surface area contributed by atoms with Crippen molar-refractivity contribution in [2.75, 3.05) is 34.0 Å². The quantitative estimate of drug-likeness (QED) is 0.383. The Morgan fingerprint density at radius 3 is 2.38 bits per heavy atom. The molecule has 1 aliphatic heterocycles. The molecule has 0 saturated carbocycles. The van der Waals surface area contributed by atoms with Gasteiger partial charge >= 0.3 is 0 Å². The average molecular weight is 266 g/mol. The molecule has 1 rings (SSSR count). The van der Waals surface area contributed by atoms with Gasteiger partial charge in [-0.15, -0.1) is 0 Å². The van der Waals surface area contributed by atoms with E-state index in [9.17, 15) is 0 Å². The molecule has 1 aliphatic rings. The molecule has 98 valence electrons. The molecule has 0 aliphatic carbocycles. The summed E-state index contributed by atoms with van der Waals surface area (Å²) in [5, 5.41) is 0. The predicted octanol–water partition coefficient (Wildman–Crippen LogP) is 0.557. The number of epoxide rings is 1. The highest BCUT2D eigenvalue weighted by atomic mass is 28.4. The van der Waals surface area contributed by atoms with Crippen LogP contribution in [0.3, 0.4) is 0 Å². The summed E-state index contributed by atoms with van der Waals surface area (Å²) in [7, 11) is 3.02. The topological polar surface area (TPSA) is 40.2 Å². The van der Waals surface area contributed by atoms with Crippen LogP contribution in [0.1, 0.15) is 6.42 Å². The Morgan fingerprint density at radius 2 is 1.94 bits per heavy atom. The Hall–Kier alpha value is 0.274. The molecule has 0 amide bonds. The molecule has 1 atom stereocenters. The molecule has 0 aromatic rings. The van der Waals surface area contributed by atoms with Crippen molar-refractivity contribution in [2.24, 2.45) is 0 Å². The van der Waals surface area contributed by atoms with Crippen LogP contribution in [0.15, 0.2) is 0 Å². The van der Waals surface area contributed by atoms with Gasteiger partial charge in [0, 0.05) is 20.8 Å². The molecular formula is C10H26O4Si2. The third kappa shape index (κ3) is 10.8. The Kier molecular flexibility index (Phi) is 9.48. The maximum absolute atomic E-state index is 5.44. The molecule has 0 aromatic carbocycles. The van der Waals surface area contributed by atoms with Gasteiger partial charge in [-0.1, -0.05) is 0 Å². The van der Waals surface area contributed by atoms with E-state index < -0.39 is 8.32 Å². The van der Waals surface area contributed by atoms with Crippen LogP contribution in [0.5, 0.6) is 0 Å². The largest absolute Gasteiger partial charge is 0.431 e.